The van der Waals surface area contributed by atoms with E-state index in [4.69, 9.17) is 9.73 Å². The minimum absolute atomic E-state index is 0.225. The second-order valence-electron chi connectivity index (χ2n) is 7.38. The molecule has 27 heavy (non-hydrogen) atoms. The van der Waals surface area contributed by atoms with E-state index in [2.05, 4.69) is 23.6 Å². The van der Waals surface area contributed by atoms with E-state index in [-0.39, 0.29) is 11.9 Å². The average molecular weight is 373 g/mol. The summed E-state index contributed by atoms with van der Waals surface area (Å²) >= 11 is 0. The van der Waals surface area contributed by atoms with E-state index in [1.165, 1.54) is 12.8 Å². The van der Waals surface area contributed by atoms with Crippen molar-refractivity contribution in [2.45, 2.75) is 52.1 Å². The van der Waals surface area contributed by atoms with Crippen LogP contribution in [0.1, 0.15) is 45.1 Å². The van der Waals surface area contributed by atoms with Crippen LogP contribution in [0.2, 0.25) is 0 Å². The summed E-state index contributed by atoms with van der Waals surface area (Å²) in [6.45, 7) is 7.72. The number of nitrogens with zero attached hydrogens (tertiary/aromatic N) is 2. The minimum Gasteiger partial charge on any atom is -0.493 e. The molecular weight excluding hydrogens is 340 g/mol. The first-order valence-corrected chi connectivity index (χ1v) is 10.2. The molecule has 148 valence electrons. The highest BCUT2D eigenvalue weighted by atomic mass is 16.5. The fourth-order valence-electron chi connectivity index (χ4n) is 3.27. The zero-order valence-electron chi connectivity index (χ0n) is 16.5. The van der Waals surface area contributed by atoms with Crippen molar-refractivity contribution in [3.8, 4) is 5.75 Å². The first-order chi connectivity index (χ1) is 13.2. The van der Waals surface area contributed by atoms with Gasteiger partial charge in [-0.3, -0.25) is 4.79 Å². The molecule has 6 heteroatoms. The van der Waals surface area contributed by atoms with Crippen LogP contribution in [-0.2, 0) is 11.3 Å². The van der Waals surface area contributed by atoms with Crippen LogP contribution in [0.5, 0.6) is 5.75 Å². The molecule has 0 spiro atoms. The number of hydrogen-bond acceptors (Lipinski definition) is 3. The van der Waals surface area contributed by atoms with E-state index in [0.717, 1.165) is 55.9 Å². The van der Waals surface area contributed by atoms with Crippen molar-refractivity contribution in [2.75, 3.05) is 26.2 Å². The van der Waals surface area contributed by atoms with Gasteiger partial charge in [-0.05, 0) is 38.2 Å². The van der Waals surface area contributed by atoms with Crippen molar-refractivity contribution >= 4 is 11.9 Å². The Morgan fingerprint density at radius 2 is 2.07 bits per heavy atom. The summed E-state index contributed by atoms with van der Waals surface area (Å²) in [5.41, 5.74) is 1.10. The third-order valence-electron chi connectivity index (χ3n) is 5.08. The summed E-state index contributed by atoms with van der Waals surface area (Å²) in [6, 6.07) is 8.39. The Bertz CT molecular complexity index is 657. The van der Waals surface area contributed by atoms with E-state index in [1.807, 2.05) is 30.0 Å². The molecule has 1 saturated heterocycles. The van der Waals surface area contributed by atoms with E-state index in [9.17, 15) is 4.79 Å². The topological polar surface area (TPSA) is 66.0 Å². The fourth-order valence-corrected chi connectivity index (χ4v) is 3.27. The number of likely N-dealkylation sites (tertiary alicyclic amines) is 1. The van der Waals surface area contributed by atoms with Gasteiger partial charge in [0, 0.05) is 37.7 Å². The zero-order valence-corrected chi connectivity index (χ0v) is 16.5. The molecule has 2 fully saturated rings. The third-order valence-corrected chi connectivity index (χ3v) is 5.08. The standard InChI is InChI=1S/C21H32N4O2/c1-3-20(26)25-12-11-18(14-25)24-21(22-4-2)23-13-17-7-5-6-8-19(17)27-15-16-9-10-16/h5-8,16,18H,3-4,9-15H2,1-2H3,(H2,22,23,24). The van der Waals surface area contributed by atoms with Gasteiger partial charge >= 0.3 is 0 Å². The number of aliphatic imine (C=N–C) groups is 1. The maximum Gasteiger partial charge on any atom is 0.222 e. The van der Waals surface area contributed by atoms with Crippen molar-refractivity contribution < 1.29 is 9.53 Å². The summed E-state index contributed by atoms with van der Waals surface area (Å²) in [6.07, 6.45) is 4.09. The molecule has 1 aliphatic heterocycles. The fraction of sp³-hybridized carbons (Fsp3) is 0.619. The predicted octanol–water partition coefficient (Wildman–Crippen LogP) is 2.54. The molecule has 1 aliphatic carbocycles. The highest BCUT2D eigenvalue weighted by Crippen LogP contribution is 2.30. The van der Waals surface area contributed by atoms with Crippen molar-refractivity contribution in [3.63, 3.8) is 0 Å². The van der Waals surface area contributed by atoms with Crippen LogP contribution in [0.3, 0.4) is 0 Å². The van der Waals surface area contributed by atoms with Crippen molar-refractivity contribution in [1.82, 2.24) is 15.5 Å². The van der Waals surface area contributed by atoms with Crippen molar-refractivity contribution in [2.24, 2.45) is 10.9 Å². The van der Waals surface area contributed by atoms with Gasteiger partial charge in [-0.1, -0.05) is 25.1 Å². The quantitative estimate of drug-likeness (QED) is 0.544. The molecule has 0 radical (unpaired) electrons. The van der Waals surface area contributed by atoms with Crippen LogP contribution in [0.15, 0.2) is 29.3 Å². The normalized spacial score (nSPS) is 19.9. The molecule has 0 bridgehead atoms. The number of benzene rings is 1. The molecule has 1 heterocycles. The van der Waals surface area contributed by atoms with Gasteiger partial charge in [-0.15, -0.1) is 0 Å². The number of amides is 1. The molecule has 3 rings (SSSR count). The molecule has 0 aromatic heterocycles. The molecule has 1 aromatic rings. The van der Waals surface area contributed by atoms with Crippen molar-refractivity contribution in [3.05, 3.63) is 29.8 Å². The number of carbonyl (C=O) groups excluding carboxylic acids is 1. The largest absolute Gasteiger partial charge is 0.493 e. The molecule has 1 unspecified atom stereocenters. The highest BCUT2D eigenvalue weighted by molar-refractivity contribution is 5.80. The van der Waals surface area contributed by atoms with Gasteiger partial charge in [0.15, 0.2) is 5.96 Å². The number of carbonyl (C=O) groups is 1. The van der Waals surface area contributed by atoms with Crippen LogP contribution in [0.25, 0.3) is 0 Å². The van der Waals surface area contributed by atoms with Crippen LogP contribution in [0, 0.1) is 5.92 Å². The average Bonchev–Trinajstić information content (AvgIpc) is 3.41. The second kappa shape index (κ2) is 9.62. The number of hydrogen-bond donors (Lipinski definition) is 2. The molecule has 2 N–H and O–H groups in total. The smallest absolute Gasteiger partial charge is 0.222 e. The van der Waals surface area contributed by atoms with Crippen molar-refractivity contribution in [1.29, 1.82) is 0 Å². The number of para-hydroxylation sites is 1. The number of guanidine groups is 1. The molecule has 1 saturated carbocycles. The first kappa shape index (κ1) is 19.5. The molecule has 1 amide bonds. The molecular formula is C21H32N4O2. The van der Waals surface area contributed by atoms with E-state index < -0.39 is 0 Å². The van der Waals surface area contributed by atoms with Crippen LogP contribution >= 0.6 is 0 Å². The maximum atomic E-state index is 11.9. The Balaban J connectivity index is 1.58. The molecule has 1 aromatic carbocycles. The third kappa shape index (κ3) is 5.88. The van der Waals surface area contributed by atoms with Gasteiger partial charge in [-0.2, -0.15) is 0 Å². The number of rotatable bonds is 8. The predicted molar refractivity (Wildman–Crippen MR) is 108 cm³/mol. The van der Waals surface area contributed by atoms with E-state index in [1.54, 1.807) is 0 Å². The molecule has 6 nitrogen and oxygen atoms in total. The lowest BCUT2D eigenvalue weighted by atomic mass is 10.2. The SMILES string of the molecule is CCNC(=NCc1ccccc1OCC1CC1)NC1CCN(C(=O)CC)C1. The van der Waals surface area contributed by atoms with Gasteiger partial charge in [0.2, 0.25) is 5.91 Å². The van der Waals surface area contributed by atoms with Crippen LogP contribution < -0.4 is 15.4 Å². The monoisotopic (exact) mass is 372 g/mol. The summed E-state index contributed by atoms with van der Waals surface area (Å²) < 4.78 is 5.99. The molecule has 1 atom stereocenters. The lowest BCUT2D eigenvalue weighted by molar-refractivity contribution is -0.129. The minimum atomic E-state index is 0.225. The highest BCUT2D eigenvalue weighted by Gasteiger charge is 2.26. The summed E-state index contributed by atoms with van der Waals surface area (Å²) in [7, 11) is 0. The molecule has 2 aliphatic rings. The van der Waals surface area contributed by atoms with Crippen LogP contribution in [-0.4, -0.2) is 49.0 Å². The Labute approximate surface area is 162 Å². The summed E-state index contributed by atoms with van der Waals surface area (Å²) in [4.78, 5) is 18.6. The van der Waals surface area contributed by atoms with Crippen LogP contribution in [0.4, 0.5) is 0 Å². The summed E-state index contributed by atoms with van der Waals surface area (Å²) in [5.74, 6) is 2.69. The Morgan fingerprint density at radius 1 is 1.26 bits per heavy atom. The van der Waals surface area contributed by atoms with Gasteiger partial charge in [0.1, 0.15) is 5.75 Å². The summed E-state index contributed by atoms with van der Waals surface area (Å²) in [5, 5.41) is 6.79. The Hall–Kier alpha value is -2.24. The van der Waals surface area contributed by atoms with E-state index in [0.29, 0.717) is 13.0 Å². The van der Waals surface area contributed by atoms with Gasteiger partial charge in [0.25, 0.3) is 0 Å². The lowest BCUT2D eigenvalue weighted by Crippen LogP contribution is -2.45. The number of ether oxygens (including phenoxy) is 1. The number of nitrogens with one attached hydrogen (secondary N) is 2. The lowest BCUT2D eigenvalue weighted by Gasteiger charge is -2.19. The van der Waals surface area contributed by atoms with Gasteiger partial charge in [0.05, 0.1) is 13.2 Å². The first-order valence-electron chi connectivity index (χ1n) is 10.2. The Kier molecular flexibility index (Phi) is 6.96. The zero-order chi connectivity index (χ0) is 19.1. The maximum absolute atomic E-state index is 11.9. The van der Waals surface area contributed by atoms with E-state index >= 15 is 0 Å². The second-order valence-corrected chi connectivity index (χ2v) is 7.38. The Morgan fingerprint density at radius 3 is 2.81 bits per heavy atom. The van der Waals surface area contributed by atoms with Gasteiger partial charge in [-0.25, -0.2) is 4.99 Å². The van der Waals surface area contributed by atoms with Gasteiger partial charge < -0.3 is 20.3 Å².